The van der Waals surface area contributed by atoms with E-state index < -0.39 is 35.4 Å². The van der Waals surface area contributed by atoms with Crippen molar-refractivity contribution in [3.8, 4) is 0 Å². The van der Waals surface area contributed by atoms with Crippen LogP contribution < -0.4 is 11.1 Å². The zero-order chi connectivity index (χ0) is 18.6. The fourth-order valence-electron chi connectivity index (χ4n) is 2.21. The topological polar surface area (TPSA) is 72.2 Å². The van der Waals surface area contributed by atoms with E-state index >= 15 is 0 Å². The van der Waals surface area contributed by atoms with Gasteiger partial charge in [0.15, 0.2) is 0 Å². The number of benzene rings is 2. The van der Waals surface area contributed by atoms with Gasteiger partial charge in [-0.2, -0.15) is 13.2 Å². The summed E-state index contributed by atoms with van der Waals surface area (Å²) < 4.78 is 51.8. The fourth-order valence-corrected chi connectivity index (χ4v) is 2.21. The van der Waals surface area contributed by atoms with Crippen LogP contribution in [0, 0.1) is 5.82 Å². The number of rotatable bonds is 5. The molecule has 0 saturated carbocycles. The lowest BCUT2D eigenvalue weighted by Crippen LogP contribution is -2.46. The Morgan fingerprint density at radius 1 is 1.08 bits per heavy atom. The molecule has 0 saturated heterocycles. The van der Waals surface area contributed by atoms with Gasteiger partial charge in [-0.25, -0.2) is 4.39 Å². The third-order valence-corrected chi connectivity index (χ3v) is 3.46. The Kier molecular flexibility index (Phi) is 5.41. The first-order valence-electron chi connectivity index (χ1n) is 7.19. The Morgan fingerprint density at radius 3 is 2.36 bits per heavy atom. The number of nitrogens with one attached hydrogen (secondary N) is 1. The first kappa shape index (κ1) is 18.4. The summed E-state index contributed by atoms with van der Waals surface area (Å²) >= 11 is 0. The van der Waals surface area contributed by atoms with Crippen molar-refractivity contribution in [1.29, 1.82) is 0 Å². The molecule has 0 aliphatic carbocycles. The quantitative estimate of drug-likeness (QED) is 0.811. The number of hydrogen-bond donors (Lipinski definition) is 2. The van der Waals surface area contributed by atoms with Gasteiger partial charge in [0.2, 0.25) is 5.91 Å². The van der Waals surface area contributed by atoms with Crippen LogP contribution in [0.3, 0.4) is 0 Å². The summed E-state index contributed by atoms with van der Waals surface area (Å²) in [4.78, 5) is 23.6. The molecular formula is C17H14F4N2O2. The number of halogens is 4. The van der Waals surface area contributed by atoms with Gasteiger partial charge in [-0.3, -0.25) is 9.59 Å². The van der Waals surface area contributed by atoms with Gasteiger partial charge in [0, 0.05) is 6.42 Å². The summed E-state index contributed by atoms with van der Waals surface area (Å²) in [5.41, 5.74) is 4.19. The van der Waals surface area contributed by atoms with E-state index in [1.807, 2.05) is 0 Å². The number of alkyl halides is 3. The number of hydrogen-bond acceptors (Lipinski definition) is 2. The molecule has 4 nitrogen and oxygen atoms in total. The van der Waals surface area contributed by atoms with E-state index in [-0.39, 0.29) is 17.5 Å². The van der Waals surface area contributed by atoms with E-state index in [2.05, 4.69) is 5.32 Å². The van der Waals surface area contributed by atoms with Gasteiger partial charge in [0.05, 0.1) is 11.1 Å². The van der Waals surface area contributed by atoms with Crippen LogP contribution in [0.15, 0.2) is 48.5 Å². The summed E-state index contributed by atoms with van der Waals surface area (Å²) in [5, 5.41) is 2.25. The summed E-state index contributed by atoms with van der Waals surface area (Å²) in [6, 6.07) is 8.15. The van der Waals surface area contributed by atoms with Crippen molar-refractivity contribution in [1.82, 2.24) is 5.32 Å². The van der Waals surface area contributed by atoms with Gasteiger partial charge in [0.25, 0.3) is 5.91 Å². The zero-order valence-electron chi connectivity index (χ0n) is 12.8. The van der Waals surface area contributed by atoms with Gasteiger partial charge in [-0.1, -0.05) is 30.3 Å². The molecule has 2 rings (SSSR count). The Labute approximate surface area is 140 Å². The van der Waals surface area contributed by atoms with Crippen LogP contribution in [-0.4, -0.2) is 17.9 Å². The van der Waals surface area contributed by atoms with E-state index in [0.29, 0.717) is 0 Å². The highest BCUT2D eigenvalue weighted by atomic mass is 19.4. The molecular weight excluding hydrogens is 340 g/mol. The number of primary amides is 1. The largest absolute Gasteiger partial charge is 0.416 e. The molecule has 0 heterocycles. The van der Waals surface area contributed by atoms with Crippen LogP contribution >= 0.6 is 0 Å². The van der Waals surface area contributed by atoms with Crippen LogP contribution in [0.4, 0.5) is 17.6 Å². The average Bonchev–Trinajstić information content (AvgIpc) is 2.54. The van der Waals surface area contributed by atoms with Gasteiger partial charge in [-0.15, -0.1) is 0 Å². The van der Waals surface area contributed by atoms with Gasteiger partial charge in [0.1, 0.15) is 11.9 Å². The molecule has 0 bridgehead atoms. The Bertz CT molecular complexity index is 790. The van der Waals surface area contributed by atoms with Gasteiger partial charge < -0.3 is 11.1 Å². The van der Waals surface area contributed by atoms with E-state index in [4.69, 9.17) is 5.73 Å². The van der Waals surface area contributed by atoms with Crippen molar-refractivity contribution in [3.63, 3.8) is 0 Å². The molecule has 0 aliphatic rings. The third kappa shape index (κ3) is 4.79. The van der Waals surface area contributed by atoms with E-state index in [1.54, 1.807) is 0 Å². The lowest BCUT2D eigenvalue weighted by Gasteiger charge is -2.17. The molecule has 0 radical (unpaired) electrons. The second kappa shape index (κ2) is 7.33. The van der Waals surface area contributed by atoms with Crippen molar-refractivity contribution in [2.45, 2.75) is 18.6 Å². The molecule has 0 fully saturated rings. The smallest absolute Gasteiger partial charge is 0.368 e. The number of carbonyl (C=O) groups excluding carboxylic acids is 2. The number of nitrogens with two attached hydrogens (primary N) is 1. The van der Waals surface area contributed by atoms with Gasteiger partial charge >= 0.3 is 6.18 Å². The van der Waals surface area contributed by atoms with Crippen LogP contribution in [-0.2, 0) is 17.4 Å². The molecule has 0 aliphatic heterocycles. The van der Waals surface area contributed by atoms with Crippen LogP contribution in [0.5, 0.6) is 0 Å². The molecule has 2 aromatic rings. The van der Waals surface area contributed by atoms with Crippen molar-refractivity contribution >= 4 is 11.8 Å². The number of amides is 2. The van der Waals surface area contributed by atoms with Crippen LogP contribution in [0.1, 0.15) is 21.5 Å². The van der Waals surface area contributed by atoms with Crippen molar-refractivity contribution in [2.75, 3.05) is 0 Å². The minimum atomic E-state index is -4.53. The molecule has 2 amide bonds. The average molecular weight is 354 g/mol. The maximum absolute atomic E-state index is 13.6. The van der Waals surface area contributed by atoms with Crippen LogP contribution in [0.25, 0.3) is 0 Å². The Morgan fingerprint density at radius 2 is 1.76 bits per heavy atom. The van der Waals surface area contributed by atoms with Crippen molar-refractivity contribution in [3.05, 3.63) is 71.0 Å². The predicted molar refractivity (Wildman–Crippen MR) is 82.0 cm³/mol. The number of carbonyl (C=O) groups is 2. The first-order valence-corrected chi connectivity index (χ1v) is 7.19. The monoisotopic (exact) mass is 354 g/mol. The first-order chi connectivity index (χ1) is 11.7. The minimum Gasteiger partial charge on any atom is -0.368 e. The normalized spacial score (nSPS) is 12.5. The molecule has 3 N–H and O–H groups in total. The lowest BCUT2D eigenvalue weighted by atomic mass is 10.0. The summed E-state index contributed by atoms with van der Waals surface area (Å²) in [5.74, 6) is -2.61. The molecule has 2 aromatic carbocycles. The zero-order valence-corrected chi connectivity index (χ0v) is 12.8. The maximum atomic E-state index is 13.6. The van der Waals surface area contributed by atoms with Gasteiger partial charge in [-0.05, 0) is 23.8 Å². The SMILES string of the molecule is NC(=O)[C@@H](Cc1cccc(C(F)(F)F)c1)NC(=O)c1ccccc1F. The summed E-state index contributed by atoms with van der Waals surface area (Å²) in [7, 11) is 0. The predicted octanol–water partition coefficient (Wildman–Crippen LogP) is 2.67. The minimum absolute atomic E-state index is 0.160. The van der Waals surface area contributed by atoms with Crippen molar-refractivity contribution < 1.29 is 27.2 Å². The highest BCUT2D eigenvalue weighted by Crippen LogP contribution is 2.29. The summed E-state index contributed by atoms with van der Waals surface area (Å²) in [6.07, 6.45) is -4.78. The molecule has 0 spiro atoms. The highest BCUT2D eigenvalue weighted by Gasteiger charge is 2.31. The Hall–Kier alpha value is -2.90. The second-order valence-corrected chi connectivity index (χ2v) is 5.31. The second-order valence-electron chi connectivity index (χ2n) is 5.31. The third-order valence-electron chi connectivity index (χ3n) is 3.46. The fraction of sp³-hybridized carbons (Fsp3) is 0.176. The lowest BCUT2D eigenvalue weighted by molar-refractivity contribution is -0.137. The maximum Gasteiger partial charge on any atom is 0.416 e. The molecule has 25 heavy (non-hydrogen) atoms. The van der Waals surface area contributed by atoms with E-state index in [9.17, 15) is 27.2 Å². The highest BCUT2D eigenvalue weighted by molar-refractivity contribution is 5.97. The summed E-state index contributed by atoms with van der Waals surface area (Å²) in [6.45, 7) is 0. The standard InChI is InChI=1S/C17H14F4N2O2/c18-13-7-2-1-6-12(13)16(25)23-14(15(22)24)9-10-4-3-5-11(8-10)17(19,20)21/h1-8,14H,9H2,(H2,22,24)(H,23,25)/t14-/m1/s1. The Balaban J connectivity index is 2.18. The molecule has 132 valence electrons. The molecule has 8 heteroatoms. The van der Waals surface area contributed by atoms with Crippen LogP contribution in [0.2, 0.25) is 0 Å². The van der Waals surface area contributed by atoms with Crippen molar-refractivity contribution in [2.24, 2.45) is 5.73 Å². The molecule has 1 atom stereocenters. The molecule has 0 aromatic heterocycles. The molecule has 0 unspecified atom stereocenters. The van der Waals surface area contributed by atoms with E-state index in [0.717, 1.165) is 18.2 Å². The van der Waals surface area contributed by atoms with E-state index in [1.165, 1.54) is 30.3 Å².